The average molecular weight is 340 g/mol. The van der Waals surface area contributed by atoms with E-state index in [2.05, 4.69) is 10.6 Å². The molecule has 0 heterocycles. The molecule has 25 heavy (non-hydrogen) atoms. The Labute approximate surface area is 148 Å². The molecule has 0 aliphatic carbocycles. The van der Waals surface area contributed by atoms with E-state index in [-0.39, 0.29) is 11.8 Å². The van der Waals surface area contributed by atoms with Crippen LogP contribution in [0, 0.1) is 0 Å². The fourth-order valence-corrected chi connectivity index (χ4v) is 2.19. The molecule has 5 heteroatoms. The summed E-state index contributed by atoms with van der Waals surface area (Å²) in [5.74, 6) is 0.223. The molecule has 132 valence electrons. The van der Waals surface area contributed by atoms with E-state index in [1.54, 1.807) is 31.2 Å². The summed E-state index contributed by atoms with van der Waals surface area (Å²) in [7, 11) is 0. The molecule has 2 N–H and O–H groups in total. The molecule has 0 saturated heterocycles. The number of benzene rings is 2. The maximum Gasteiger partial charge on any atom is 0.251 e. The third-order valence-corrected chi connectivity index (χ3v) is 3.65. The Kier molecular flexibility index (Phi) is 7.01. The summed E-state index contributed by atoms with van der Waals surface area (Å²) in [6.07, 6.45) is 0.858. The van der Waals surface area contributed by atoms with Gasteiger partial charge in [-0.15, -0.1) is 0 Å². The first-order valence-corrected chi connectivity index (χ1v) is 8.45. The molecule has 0 radical (unpaired) electrons. The van der Waals surface area contributed by atoms with Gasteiger partial charge in [-0.2, -0.15) is 0 Å². The van der Waals surface area contributed by atoms with Crippen LogP contribution in [-0.2, 0) is 11.4 Å². The standard InChI is InChI=1S/C20H24N2O3/c1-3-13-21-19(23)15(2)22-20(24)17-9-11-18(12-10-17)25-14-16-7-5-4-6-8-16/h4-12,15H,3,13-14H2,1-2H3,(H,21,23)(H,22,24)/t15-/m0/s1. The lowest BCUT2D eigenvalue weighted by molar-refractivity contribution is -0.122. The average Bonchev–Trinajstić information content (AvgIpc) is 2.65. The van der Waals surface area contributed by atoms with Gasteiger partial charge in [-0.05, 0) is 43.2 Å². The van der Waals surface area contributed by atoms with Crippen molar-refractivity contribution in [1.82, 2.24) is 10.6 Å². The summed E-state index contributed by atoms with van der Waals surface area (Å²) >= 11 is 0. The summed E-state index contributed by atoms with van der Waals surface area (Å²) < 4.78 is 5.69. The highest BCUT2D eigenvalue weighted by atomic mass is 16.5. The molecule has 5 nitrogen and oxygen atoms in total. The van der Waals surface area contributed by atoms with Crippen LogP contribution in [0.3, 0.4) is 0 Å². The van der Waals surface area contributed by atoms with Gasteiger partial charge in [0.1, 0.15) is 18.4 Å². The summed E-state index contributed by atoms with van der Waals surface area (Å²) in [4.78, 5) is 24.0. The predicted molar refractivity (Wildman–Crippen MR) is 97.4 cm³/mol. The second kappa shape index (κ2) is 9.47. The minimum Gasteiger partial charge on any atom is -0.489 e. The SMILES string of the molecule is CCCNC(=O)[C@H](C)NC(=O)c1ccc(OCc2ccccc2)cc1. The molecule has 0 aliphatic rings. The van der Waals surface area contributed by atoms with Crippen LogP contribution in [-0.4, -0.2) is 24.4 Å². The van der Waals surface area contributed by atoms with E-state index in [1.807, 2.05) is 37.3 Å². The molecular formula is C20H24N2O3. The van der Waals surface area contributed by atoms with Crippen LogP contribution < -0.4 is 15.4 Å². The van der Waals surface area contributed by atoms with E-state index in [9.17, 15) is 9.59 Å². The van der Waals surface area contributed by atoms with Gasteiger partial charge < -0.3 is 15.4 Å². The third-order valence-electron chi connectivity index (χ3n) is 3.65. The van der Waals surface area contributed by atoms with Crippen molar-refractivity contribution in [1.29, 1.82) is 0 Å². The number of carbonyl (C=O) groups excluding carboxylic acids is 2. The van der Waals surface area contributed by atoms with Crippen molar-refractivity contribution in [3.05, 3.63) is 65.7 Å². The Morgan fingerprint density at radius 2 is 1.72 bits per heavy atom. The van der Waals surface area contributed by atoms with Crippen molar-refractivity contribution >= 4 is 11.8 Å². The lowest BCUT2D eigenvalue weighted by Crippen LogP contribution is -2.44. The molecule has 0 fully saturated rings. The third kappa shape index (κ3) is 5.95. The predicted octanol–water partition coefficient (Wildman–Crippen LogP) is 2.91. The summed E-state index contributed by atoms with van der Waals surface area (Å²) in [6, 6.07) is 16.2. The van der Waals surface area contributed by atoms with Crippen LogP contribution in [0.2, 0.25) is 0 Å². The van der Waals surface area contributed by atoms with Crippen LogP contribution in [0.15, 0.2) is 54.6 Å². The largest absolute Gasteiger partial charge is 0.489 e. The minimum atomic E-state index is -0.576. The van der Waals surface area contributed by atoms with E-state index in [0.29, 0.717) is 24.5 Å². The molecule has 0 saturated carbocycles. The van der Waals surface area contributed by atoms with Crippen molar-refractivity contribution in [2.24, 2.45) is 0 Å². The first-order chi connectivity index (χ1) is 12.1. The molecule has 0 bridgehead atoms. The lowest BCUT2D eigenvalue weighted by Gasteiger charge is -2.14. The maximum absolute atomic E-state index is 12.2. The molecule has 2 rings (SSSR count). The highest BCUT2D eigenvalue weighted by Gasteiger charge is 2.15. The zero-order valence-corrected chi connectivity index (χ0v) is 14.6. The van der Waals surface area contributed by atoms with Crippen molar-refractivity contribution in [3.63, 3.8) is 0 Å². The Balaban J connectivity index is 1.86. The van der Waals surface area contributed by atoms with Crippen molar-refractivity contribution in [3.8, 4) is 5.75 Å². The Hall–Kier alpha value is -2.82. The van der Waals surface area contributed by atoms with Crippen molar-refractivity contribution in [2.75, 3.05) is 6.54 Å². The van der Waals surface area contributed by atoms with Crippen LogP contribution in [0.4, 0.5) is 0 Å². The highest BCUT2D eigenvalue weighted by molar-refractivity contribution is 5.97. The van der Waals surface area contributed by atoms with Crippen molar-refractivity contribution in [2.45, 2.75) is 32.9 Å². The molecule has 1 atom stereocenters. The van der Waals surface area contributed by atoms with E-state index in [0.717, 1.165) is 12.0 Å². The van der Waals surface area contributed by atoms with Gasteiger partial charge in [-0.3, -0.25) is 9.59 Å². The molecule has 2 amide bonds. The quantitative estimate of drug-likeness (QED) is 0.776. The van der Waals surface area contributed by atoms with Crippen molar-refractivity contribution < 1.29 is 14.3 Å². The van der Waals surface area contributed by atoms with E-state index in [4.69, 9.17) is 4.74 Å². The Morgan fingerprint density at radius 1 is 1.04 bits per heavy atom. The zero-order chi connectivity index (χ0) is 18.1. The molecular weight excluding hydrogens is 316 g/mol. The minimum absolute atomic E-state index is 0.182. The summed E-state index contributed by atoms with van der Waals surface area (Å²) in [6.45, 7) is 4.72. The van der Waals surface area contributed by atoms with Gasteiger partial charge in [-0.25, -0.2) is 0 Å². The number of amides is 2. The first kappa shape index (κ1) is 18.5. The Morgan fingerprint density at radius 3 is 2.36 bits per heavy atom. The van der Waals surface area contributed by atoms with E-state index in [1.165, 1.54) is 0 Å². The molecule has 0 spiro atoms. The topological polar surface area (TPSA) is 67.4 Å². The maximum atomic E-state index is 12.2. The molecule has 2 aromatic carbocycles. The molecule has 0 aliphatic heterocycles. The number of nitrogens with one attached hydrogen (secondary N) is 2. The number of ether oxygens (including phenoxy) is 1. The monoisotopic (exact) mass is 340 g/mol. The van der Waals surface area contributed by atoms with Crippen LogP contribution in [0.1, 0.15) is 36.2 Å². The van der Waals surface area contributed by atoms with Gasteiger partial charge in [0.2, 0.25) is 5.91 Å². The fraction of sp³-hybridized carbons (Fsp3) is 0.300. The van der Waals surface area contributed by atoms with E-state index >= 15 is 0 Å². The van der Waals surface area contributed by atoms with Gasteiger partial charge in [-0.1, -0.05) is 37.3 Å². The lowest BCUT2D eigenvalue weighted by atomic mass is 10.2. The second-order valence-electron chi connectivity index (χ2n) is 5.78. The van der Waals surface area contributed by atoms with Crippen LogP contribution in [0.5, 0.6) is 5.75 Å². The summed E-state index contributed by atoms with van der Waals surface area (Å²) in [5, 5.41) is 5.45. The van der Waals surface area contributed by atoms with Crippen LogP contribution in [0.25, 0.3) is 0 Å². The Bertz CT molecular complexity index is 684. The molecule has 0 unspecified atom stereocenters. The van der Waals surface area contributed by atoms with Gasteiger partial charge in [0.05, 0.1) is 0 Å². The van der Waals surface area contributed by atoms with Gasteiger partial charge in [0.15, 0.2) is 0 Å². The fourth-order valence-electron chi connectivity index (χ4n) is 2.19. The zero-order valence-electron chi connectivity index (χ0n) is 14.6. The normalized spacial score (nSPS) is 11.4. The number of hydrogen-bond donors (Lipinski definition) is 2. The van der Waals surface area contributed by atoms with Gasteiger partial charge in [0, 0.05) is 12.1 Å². The smallest absolute Gasteiger partial charge is 0.251 e. The van der Waals surface area contributed by atoms with Gasteiger partial charge >= 0.3 is 0 Å². The second-order valence-corrected chi connectivity index (χ2v) is 5.78. The van der Waals surface area contributed by atoms with Gasteiger partial charge in [0.25, 0.3) is 5.91 Å². The summed E-state index contributed by atoms with van der Waals surface area (Å²) in [5.41, 5.74) is 1.57. The van der Waals surface area contributed by atoms with Crippen LogP contribution >= 0.6 is 0 Å². The number of rotatable bonds is 8. The van der Waals surface area contributed by atoms with E-state index < -0.39 is 6.04 Å². The highest BCUT2D eigenvalue weighted by Crippen LogP contribution is 2.14. The molecule has 0 aromatic heterocycles. The first-order valence-electron chi connectivity index (χ1n) is 8.45. The molecule has 2 aromatic rings. The number of carbonyl (C=O) groups is 2. The number of hydrogen-bond acceptors (Lipinski definition) is 3.